The minimum atomic E-state index is -1.18. The quantitative estimate of drug-likeness (QED) is 0.308. The first-order valence-corrected chi connectivity index (χ1v) is 13.7. The van der Waals surface area contributed by atoms with E-state index in [1.165, 1.54) is 21.1 Å². The molecule has 1 fully saturated rings. The lowest BCUT2D eigenvalue weighted by Crippen LogP contribution is -2.54. The van der Waals surface area contributed by atoms with Crippen LogP contribution in [0.5, 0.6) is 0 Å². The maximum absolute atomic E-state index is 14.1. The molecule has 1 aliphatic carbocycles. The zero-order valence-electron chi connectivity index (χ0n) is 22.2. The summed E-state index contributed by atoms with van der Waals surface area (Å²) in [4.78, 5) is 70.4. The fourth-order valence-electron chi connectivity index (χ4n) is 4.76. The molecule has 0 radical (unpaired) electrons. The molecule has 1 aromatic carbocycles. The van der Waals surface area contributed by atoms with E-state index in [1.54, 1.807) is 38.1 Å². The molecule has 2 atom stereocenters. The first kappa shape index (κ1) is 28.9. The average molecular weight is 570 g/mol. The molecule has 4 N–H and O–H groups in total. The van der Waals surface area contributed by atoms with Gasteiger partial charge in [0.1, 0.15) is 23.8 Å². The fourth-order valence-corrected chi connectivity index (χ4v) is 5.59. The van der Waals surface area contributed by atoms with Crippen LogP contribution in [0.25, 0.3) is 0 Å². The Labute approximate surface area is 234 Å². The third-order valence-corrected chi connectivity index (χ3v) is 7.93. The molecule has 1 saturated carbocycles. The van der Waals surface area contributed by atoms with E-state index in [4.69, 9.17) is 0 Å². The number of nitrogens with one attached hydrogen (secondary N) is 2. The van der Waals surface area contributed by atoms with Crippen molar-refractivity contribution >= 4 is 52.7 Å². The van der Waals surface area contributed by atoms with Gasteiger partial charge in [0.15, 0.2) is 0 Å². The number of aldehydes is 1. The van der Waals surface area contributed by atoms with E-state index in [0.29, 0.717) is 38.9 Å². The number of thiazole rings is 1. The Kier molecular flexibility index (Phi) is 8.95. The first-order chi connectivity index (χ1) is 19.1. The van der Waals surface area contributed by atoms with Crippen molar-refractivity contribution in [3.05, 3.63) is 51.1 Å². The van der Waals surface area contributed by atoms with E-state index in [2.05, 4.69) is 15.6 Å². The van der Waals surface area contributed by atoms with Crippen LogP contribution in [0.3, 0.4) is 0 Å². The Morgan fingerprint density at radius 2 is 1.90 bits per heavy atom. The number of anilines is 2. The minimum absolute atomic E-state index is 0.0403. The van der Waals surface area contributed by atoms with Crippen LogP contribution in [0.1, 0.15) is 46.1 Å². The molecular formula is C27H31N5O7S. The predicted molar refractivity (Wildman–Crippen MR) is 147 cm³/mol. The number of aliphatic hydroxyl groups excluding tert-OH is 1. The summed E-state index contributed by atoms with van der Waals surface area (Å²) >= 11 is 1.19. The lowest BCUT2D eigenvalue weighted by atomic mass is 9.90. The summed E-state index contributed by atoms with van der Waals surface area (Å²) in [7, 11) is 0. The van der Waals surface area contributed by atoms with Gasteiger partial charge in [-0.3, -0.25) is 19.2 Å². The van der Waals surface area contributed by atoms with Crippen molar-refractivity contribution in [2.75, 3.05) is 29.5 Å². The molecule has 0 saturated heterocycles. The number of carboxylic acids is 1. The van der Waals surface area contributed by atoms with Crippen LogP contribution in [0.2, 0.25) is 0 Å². The largest absolute Gasteiger partial charge is 0.481 e. The summed E-state index contributed by atoms with van der Waals surface area (Å²) < 4.78 is 0. The Morgan fingerprint density at radius 1 is 1.20 bits per heavy atom. The molecule has 40 heavy (non-hydrogen) atoms. The maximum atomic E-state index is 14.1. The van der Waals surface area contributed by atoms with E-state index >= 15 is 0 Å². The summed E-state index contributed by atoms with van der Waals surface area (Å²) in [6.07, 6.45) is 2.46. The van der Waals surface area contributed by atoms with Crippen molar-refractivity contribution in [3.63, 3.8) is 0 Å². The maximum Gasteiger partial charge on any atom is 0.305 e. The van der Waals surface area contributed by atoms with Crippen LogP contribution in [-0.2, 0) is 19.2 Å². The number of fused-ring (bicyclic) bond motifs is 1. The number of aliphatic hydroxyl groups is 1. The second kappa shape index (κ2) is 12.4. The molecule has 0 spiro atoms. The van der Waals surface area contributed by atoms with Crippen molar-refractivity contribution in [1.29, 1.82) is 0 Å². The van der Waals surface area contributed by atoms with Crippen molar-refractivity contribution in [2.24, 2.45) is 0 Å². The molecule has 3 amide bonds. The number of carboxylic acid groups (broad SMARTS) is 1. The second-order valence-corrected chi connectivity index (χ2v) is 10.9. The number of aromatic nitrogens is 1. The van der Waals surface area contributed by atoms with Crippen LogP contribution in [0.4, 0.5) is 11.4 Å². The van der Waals surface area contributed by atoms with Gasteiger partial charge in [0.25, 0.3) is 17.7 Å². The van der Waals surface area contributed by atoms with Crippen molar-refractivity contribution in [1.82, 2.24) is 15.6 Å². The molecule has 0 bridgehead atoms. The van der Waals surface area contributed by atoms with Crippen molar-refractivity contribution in [2.45, 2.75) is 51.6 Å². The fraction of sp³-hybridized carbons (Fsp3) is 0.407. The summed E-state index contributed by atoms with van der Waals surface area (Å²) in [5.74, 6) is -2.81. The molecular weight excluding hydrogens is 538 g/mol. The smallest absolute Gasteiger partial charge is 0.305 e. The number of para-hydroxylation sites is 2. The molecule has 1 aromatic heterocycles. The Bertz CT molecular complexity index is 1360. The predicted octanol–water partition coefficient (Wildman–Crippen LogP) is 1.30. The number of carbonyl (C=O) groups excluding carboxylic acids is 4. The molecule has 2 aliphatic rings. The average Bonchev–Trinajstić information content (AvgIpc) is 3.19. The van der Waals surface area contributed by atoms with Gasteiger partial charge in [-0.1, -0.05) is 12.1 Å². The van der Waals surface area contributed by atoms with Crippen LogP contribution >= 0.6 is 11.3 Å². The summed E-state index contributed by atoms with van der Waals surface area (Å²) in [5, 5.41) is 25.4. The summed E-state index contributed by atoms with van der Waals surface area (Å²) in [6, 6.07) is 4.52. The lowest BCUT2D eigenvalue weighted by molar-refractivity contribution is -0.138. The highest BCUT2D eigenvalue weighted by Gasteiger charge is 2.38. The zero-order chi connectivity index (χ0) is 29.0. The number of carbonyl (C=O) groups is 5. The topological polar surface area (TPSA) is 169 Å². The third-order valence-electron chi connectivity index (χ3n) is 6.86. The van der Waals surface area contributed by atoms with Gasteiger partial charge in [0, 0.05) is 5.70 Å². The Hall–Kier alpha value is -4.10. The van der Waals surface area contributed by atoms with Gasteiger partial charge in [0.2, 0.25) is 0 Å². The van der Waals surface area contributed by atoms with E-state index in [9.17, 15) is 34.2 Å². The number of amides is 3. The minimum Gasteiger partial charge on any atom is -0.481 e. The number of nitrogens with zero attached hydrogens (tertiary/aromatic N) is 3. The standard InChI is InChI=1S/C27H31N5O7S/c1-15-25(40-16(2)28-15)26(38)30-20-12-31(23(35)14-34)21-8-3-4-9-22(21)32(27(20)39)11-19(17-6-5-7-17)29-18(13-33)10-24(36)37/h3-4,8-9,13,18,20,29,34H,5-7,10-12,14H2,1-2H3,(H,30,38)(H,36,37). The number of benzene rings is 1. The van der Waals surface area contributed by atoms with Gasteiger partial charge in [-0.25, -0.2) is 4.98 Å². The third kappa shape index (κ3) is 6.20. The van der Waals surface area contributed by atoms with Crippen LogP contribution < -0.4 is 20.4 Å². The van der Waals surface area contributed by atoms with E-state index in [1.807, 2.05) is 0 Å². The SMILES string of the molecule is Cc1nc(C)c(C(=O)NC2CN(C(=O)CO)c3ccccc3N(CC(NC(C=O)CC(=O)O)=C3CCC3)C2=O)s1. The first-order valence-electron chi connectivity index (χ1n) is 12.8. The summed E-state index contributed by atoms with van der Waals surface area (Å²) in [5.41, 5.74) is 2.77. The van der Waals surface area contributed by atoms with E-state index in [0.717, 1.165) is 24.8 Å². The van der Waals surface area contributed by atoms with Gasteiger partial charge in [-0.15, -0.1) is 11.3 Å². The van der Waals surface area contributed by atoms with Crippen molar-refractivity contribution in [3.8, 4) is 0 Å². The number of hydrogen-bond acceptors (Lipinski definition) is 9. The second-order valence-electron chi connectivity index (χ2n) is 9.67. The molecule has 2 heterocycles. The van der Waals surface area contributed by atoms with Gasteiger partial charge in [-0.2, -0.15) is 0 Å². The van der Waals surface area contributed by atoms with E-state index in [-0.39, 0.29) is 13.1 Å². The normalized spacial score (nSPS) is 17.3. The lowest BCUT2D eigenvalue weighted by Gasteiger charge is -2.31. The molecule has 2 aromatic rings. The molecule has 12 nitrogen and oxygen atoms in total. The molecule has 4 rings (SSSR count). The highest BCUT2D eigenvalue weighted by Crippen LogP contribution is 2.35. The number of aliphatic carboxylic acids is 1. The van der Waals surface area contributed by atoms with Crippen LogP contribution in [0, 0.1) is 13.8 Å². The number of aryl methyl sites for hydroxylation is 2. The zero-order valence-corrected chi connectivity index (χ0v) is 23.0. The number of allylic oxidation sites excluding steroid dienone is 1. The molecule has 13 heteroatoms. The van der Waals surface area contributed by atoms with Crippen LogP contribution in [-0.4, -0.2) is 77.0 Å². The Morgan fingerprint density at radius 3 is 2.45 bits per heavy atom. The van der Waals surface area contributed by atoms with Crippen LogP contribution in [0.15, 0.2) is 35.5 Å². The molecule has 212 valence electrons. The van der Waals surface area contributed by atoms with Gasteiger partial charge < -0.3 is 35.4 Å². The van der Waals surface area contributed by atoms with Gasteiger partial charge in [-0.05, 0) is 50.8 Å². The van der Waals surface area contributed by atoms with E-state index < -0.39 is 48.8 Å². The summed E-state index contributed by atoms with van der Waals surface area (Å²) in [6.45, 7) is 2.40. The molecule has 1 aliphatic heterocycles. The monoisotopic (exact) mass is 569 g/mol. The van der Waals surface area contributed by atoms with Crippen molar-refractivity contribution < 1.29 is 34.2 Å². The van der Waals surface area contributed by atoms with Gasteiger partial charge >= 0.3 is 5.97 Å². The molecule has 2 unspecified atom stereocenters. The van der Waals surface area contributed by atoms with Gasteiger partial charge in [0.05, 0.1) is 47.6 Å². The Balaban J connectivity index is 1.74. The number of hydrogen-bond donors (Lipinski definition) is 4. The number of rotatable bonds is 10. The highest BCUT2D eigenvalue weighted by atomic mass is 32.1. The highest BCUT2D eigenvalue weighted by molar-refractivity contribution is 7.13.